The lowest BCUT2D eigenvalue weighted by atomic mass is 9.98. The van der Waals surface area contributed by atoms with Gasteiger partial charge in [-0.05, 0) is 51.3 Å². The van der Waals surface area contributed by atoms with Crippen LogP contribution < -0.4 is 4.90 Å². The van der Waals surface area contributed by atoms with Crippen molar-refractivity contribution < 1.29 is 4.79 Å². The Bertz CT molecular complexity index is 727. The van der Waals surface area contributed by atoms with Crippen molar-refractivity contribution in [2.75, 3.05) is 31.6 Å². The molecule has 1 aliphatic heterocycles. The van der Waals surface area contributed by atoms with Gasteiger partial charge in [0.15, 0.2) is 0 Å². The number of carbonyl (C=O) groups excluding carboxylic acids is 1. The first-order chi connectivity index (χ1) is 12.5. The molecule has 1 fully saturated rings. The molecule has 1 aliphatic rings. The summed E-state index contributed by atoms with van der Waals surface area (Å²) in [5, 5.41) is 4.49. The number of hydrogen-bond donors (Lipinski definition) is 0. The van der Waals surface area contributed by atoms with Crippen LogP contribution in [0.25, 0.3) is 0 Å². The molecule has 0 radical (unpaired) electrons. The zero-order valence-corrected chi connectivity index (χ0v) is 16.1. The molecule has 1 amide bonds. The quantitative estimate of drug-likeness (QED) is 0.799. The van der Waals surface area contributed by atoms with Crippen molar-refractivity contribution in [1.82, 2.24) is 19.7 Å². The standard InChI is InChI=1S/C20H29N5O/c1-16-21-17(2)25(22-16)15-18-8-7-12-24(14-18)13-11-20(26)23(3)19-9-5-4-6-10-19/h4-6,9-10,18H,7-8,11-15H2,1-3H3. The zero-order chi connectivity index (χ0) is 18.5. The Morgan fingerprint density at radius 1 is 1.27 bits per heavy atom. The van der Waals surface area contributed by atoms with Gasteiger partial charge in [0, 0.05) is 38.8 Å². The zero-order valence-electron chi connectivity index (χ0n) is 16.1. The normalized spacial score (nSPS) is 18.0. The second-order valence-electron chi connectivity index (χ2n) is 7.24. The molecule has 1 aromatic carbocycles. The van der Waals surface area contributed by atoms with Gasteiger partial charge in [-0.25, -0.2) is 9.67 Å². The largest absolute Gasteiger partial charge is 0.315 e. The highest BCUT2D eigenvalue weighted by atomic mass is 16.2. The van der Waals surface area contributed by atoms with Gasteiger partial charge >= 0.3 is 0 Å². The SMILES string of the molecule is Cc1nc(C)n(CC2CCCN(CCC(=O)N(C)c3ccccc3)C2)n1. The Labute approximate surface area is 155 Å². The maximum absolute atomic E-state index is 12.5. The molecule has 1 atom stereocenters. The van der Waals surface area contributed by atoms with Gasteiger partial charge in [0.1, 0.15) is 11.6 Å². The third-order valence-electron chi connectivity index (χ3n) is 5.16. The average molecular weight is 355 g/mol. The van der Waals surface area contributed by atoms with Gasteiger partial charge in [-0.3, -0.25) is 4.79 Å². The third-order valence-corrected chi connectivity index (χ3v) is 5.16. The molecule has 0 saturated carbocycles. The van der Waals surface area contributed by atoms with Gasteiger partial charge < -0.3 is 9.80 Å². The van der Waals surface area contributed by atoms with E-state index in [9.17, 15) is 4.79 Å². The molecule has 6 nitrogen and oxygen atoms in total. The number of para-hydroxylation sites is 1. The van der Waals surface area contributed by atoms with Gasteiger partial charge in [0.25, 0.3) is 0 Å². The van der Waals surface area contributed by atoms with Crippen molar-refractivity contribution in [3.05, 3.63) is 42.0 Å². The number of hydrogen-bond acceptors (Lipinski definition) is 4. The third kappa shape index (κ3) is 4.69. The summed E-state index contributed by atoms with van der Waals surface area (Å²) in [6.07, 6.45) is 2.95. The predicted octanol–water partition coefficient (Wildman–Crippen LogP) is 2.66. The highest BCUT2D eigenvalue weighted by molar-refractivity contribution is 5.92. The van der Waals surface area contributed by atoms with Crippen molar-refractivity contribution in [2.45, 2.75) is 39.7 Å². The Balaban J connectivity index is 1.49. The summed E-state index contributed by atoms with van der Waals surface area (Å²) in [6, 6.07) is 9.83. The van der Waals surface area contributed by atoms with E-state index in [1.807, 2.05) is 55.9 Å². The maximum Gasteiger partial charge on any atom is 0.228 e. The molecule has 1 saturated heterocycles. The number of aromatic nitrogens is 3. The number of anilines is 1. The van der Waals surface area contributed by atoms with Crippen LogP contribution in [0.1, 0.15) is 30.9 Å². The first kappa shape index (κ1) is 18.6. The summed E-state index contributed by atoms with van der Waals surface area (Å²) in [4.78, 5) is 21.0. The molecular weight excluding hydrogens is 326 g/mol. The number of rotatable bonds is 6. The highest BCUT2D eigenvalue weighted by Crippen LogP contribution is 2.19. The Morgan fingerprint density at radius 2 is 2.04 bits per heavy atom. The van der Waals surface area contributed by atoms with Gasteiger partial charge in [-0.15, -0.1) is 0 Å². The van der Waals surface area contributed by atoms with E-state index < -0.39 is 0 Å². The van der Waals surface area contributed by atoms with Crippen LogP contribution in [0.2, 0.25) is 0 Å². The number of nitrogens with zero attached hydrogens (tertiary/aromatic N) is 5. The van der Waals surface area contributed by atoms with E-state index in [1.165, 1.54) is 12.8 Å². The van der Waals surface area contributed by atoms with E-state index >= 15 is 0 Å². The predicted molar refractivity (Wildman–Crippen MR) is 103 cm³/mol. The fourth-order valence-corrected chi connectivity index (χ4v) is 3.70. The second-order valence-corrected chi connectivity index (χ2v) is 7.24. The minimum absolute atomic E-state index is 0.168. The number of amides is 1. The van der Waals surface area contributed by atoms with Crippen molar-refractivity contribution in [1.29, 1.82) is 0 Å². The minimum atomic E-state index is 0.168. The van der Waals surface area contributed by atoms with Gasteiger partial charge in [0.05, 0.1) is 0 Å². The molecule has 26 heavy (non-hydrogen) atoms. The molecule has 6 heteroatoms. The number of benzene rings is 1. The fraction of sp³-hybridized carbons (Fsp3) is 0.550. The molecule has 2 aromatic rings. The molecule has 0 N–H and O–H groups in total. The first-order valence-electron chi connectivity index (χ1n) is 9.45. The number of aryl methyl sites for hydroxylation is 2. The number of carbonyl (C=O) groups is 1. The summed E-state index contributed by atoms with van der Waals surface area (Å²) in [7, 11) is 1.85. The number of piperidine rings is 1. The van der Waals surface area contributed by atoms with Crippen LogP contribution in [0, 0.1) is 19.8 Å². The first-order valence-corrected chi connectivity index (χ1v) is 9.45. The van der Waals surface area contributed by atoms with Crippen LogP contribution in [0.5, 0.6) is 0 Å². The topological polar surface area (TPSA) is 54.3 Å². The van der Waals surface area contributed by atoms with Crippen molar-refractivity contribution in [3.8, 4) is 0 Å². The molecule has 1 aromatic heterocycles. The van der Waals surface area contributed by atoms with Gasteiger partial charge in [-0.2, -0.15) is 5.10 Å². The molecule has 0 aliphatic carbocycles. The summed E-state index contributed by atoms with van der Waals surface area (Å²) in [5.41, 5.74) is 0.950. The van der Waals surface area contributed by atoms with Gasteiger partial charge in [-0.1, -0.05) is 18.2 Å². The minimum Gasteiger partial charge on any atom is -0.315 e. The van der Waals surface area contributed by atoms with Crippen LogP contribution in [0.3, 0.4) is 0 Å². The van der Waals surface area contributed by atoms with E-state index in [2.05, 4.69) is 15.0 Å². The molecule has 0 spiro atoms. The summed E-state index contributed by atoms with van der Waals surface area (Å²) < 4.78 is 2.03. The van der Waals surface area contributed by atoms with E-state index in [0.717, 1.165) is 43.5 Å². The van der Waals surface area contributed by atoms with Crippen molar-refractivity contribution >= 4 is 11.6 Å². The monoisotopic (exact) mass is 355 g/mol. The summed E-state index contributed by atoms with van der Waals surface area (Å²) in [5.74, 6) is 2.57. The maximum atomic E-state index is 12.5. The second kappa shape index (κ2) is 8.45. The molecule has 140 valence electrons. The lowest BCUT2D eigenvalue weighted by Gasteiger charge is -2.33. The highest BCUT2D eigenvalue weighted by Gasteiger charge is 2.22. The fourth-order valence-electron chi connectivity index (χ4n) is 3.70. The van der Waals surface area contributed by atoms with E-state index in [0.29, 0.717) is 12.3 Å². The Morgan fingerprint density at radius 3 is 2.73 bits per heavy atom. The van der Waals surface area contributed by atoms with Crippen LogP contribution in [-0.4, -0.2) is 52.3 Å². The van der Waals surface area contributed by atoms with Crippen LogP contribution >= 0.6 is 0 Å². The van der Waals surface area contributed by atoms with Crippen molar-refractivity contribution in [2.24, 2.45) is 5.92 Å². The Hall–Kier alpha value is -2.21. The molecule has 1 unspecified atom stereocenters. The van der Waals surface area contributed by atoms with Crippen LogP contribution in [0.15, 0.2) is 30.3 Å². The number of likely N-dealkylation sites (tertiary alicyclic amines) is 1. The van der Waals surface area contributed by atoms with E-state index in [-0.39, 0.29) is 5.91 Å². The molecule has 2 heterocycles. The van der Waals surface area contributed by atoms with Crippen LogP contribution in [-0.2, 0) is 11.3 Å². The van der Waals surface area contributed by atoms with Crippen molar-refractivity contribution in [3.63, 3.8) is 0 Å². The lowest BCUT2D eigenvalue weighted by Crippen LogP contribution is -2.39. The molecule has 0 bridgehead atoms. The summed E-state index contributed by atoms with van der Waals surface area (Å²) >= 11 is 0. The molecule has 3 rings (SSSR count). The van der Waals surface area contributed by atoms with E-state index in [1.54, 1.807) is 4.90 Å². The van der Waals surface area contributed by atoms with Crippen LogP contribution in [0.4, 0.5) is 5.69 Å². The van der Waals surface area contributed by atoms with Gasteiger partial charge in [0.2, 0.25) is 5.91 Å². The lowest BCUT2D eigenvalue weighted by molar-refractivity contribution is -0.118. The Kier molecular flexibility index (Phi) is 6.04. The van der Waals surface area contributed by atoms with E-state index in [4.69, 9.17) is 0 Å². The molecular formula is C20H29N5O. The summed E-state index contributed by atoms with van der Waals surface area (Å²) in [6.45, 7) is 7.79. The smallest absolute Gasteiger partial charge is 0.228 e. The average Bonchev–Trinajstić information content (AvgIpc) is 2.97.